The number of thiazole rings is 1. The van der Waals surface area contributed by atoms with Crippen molar-refractivity contribution in [3.05, 3.63) is 57.1 Å². The van der Waals surface area contributed by atoms with E-state index >= 15 is 0 Å². The van der Waals surface area contributed by atoms with Gasteiger partial charge in [0.15, 0.2) is 0 Å². The van der Waals surface area contributed by atoms with Gasteiger partial charge in [-0.1, -0.05) is 23.5 Å². The summed E-state index contributed by atoms with van der Waals surface area (Å²) in [6.07, 6.45) is 1.62. The summed E-state index contributed by atoms with van der Waals surface area (Å²) in [5.41, 5.74) is 1.45. The van der Waals surface area contributed by atoms with Crippen LogP contribution in [-0.4, -0.2) is 27.3 Å². The molecule has 1 amide bonds. The summed E-state index contributed by atoms with van der Waals surface area (Å²) in [5.74, 6) is -0.00468. The van der Waals surface area contributed by atoms with Crippen molar-refractivity contribution >= 4 is 33.8 Å². The highest BCUT2D eigenvalue weighted by atomic mass is 32.1. The Hall–Kier alpha value is -2.94. The largest absolute Gasteiger partial charge is 0.372 e. The van der Waals surface area contributed by atoms with Gasteiger partial charge in [0.1, 0.15) is 6.20 Å². The Morgan fingerprint density at radius 1 is 1.39 bits per heavy atom. The summed E-state index contributed by atoms with van der Waals surface area (Å²) in [4.78, 5) is 27.0. The zero-order valence-electron chi connectivity index (χ0n) is 12.1. The van der Waals surface area contributed by atoms with Crippen molar-refractivity contribution in [1.29, 1.82) is 0 Å². The van der Waals surface area contributed by atoms with Gasteiger partial charge in [-0.15, -0.1) is 0 Å². The number of aromatic nitrogens is 2. The minimum atomic E-state index is -0.455. The van der Waals surface area contributed by atoms with E-state index in [9.17, 15) is 14.9 Å². The Kier molecular flexibility index (Phi) is 3.94. The number of amides is 1. The number of fused-ring (bicyclic) bond motifs is 1. The summed E-state index contributed by atoms with van der Waals surface area (Å²) in [5, 5.41) is 18.5. The van der Waals surface area contributed by atoms with Crippen molar-refractivity contribution < 1.29 is 9.72 Å². The zero-order chi connectivity index (χ0) is 16.4. The van der Waals surface area contributed by atoms with Gasteiger partial charge in [0.05, 0.1) is 0 Å². The van der Waals surface area contributed by atoms with E-state index in [1.807, 2.05) is 0 Å². The molecule has 0 aliphatic carbocycles. The molecule has 0 saturated heterocycles. The van der Waals surface area contributed by atoms with Gasteiger partial charge in [-0.25, -0.2) is 0 Å². The second-order valence-corrected chi connectivity index (χ2v) is 5.60. The average Bonchev–Trinajstić information content (AvgIpc) is 3.12. The van der Waals surface area contributed by atoms with Gasteiger partial charge in [0.25, 0.3) is 10.9 Å². The molecule has 1 aromatic carbocycles. The summed E-state index contributed by atoms with van der Waals surface area (Å²) in [6.45, 7) is 0.375. The molecule has 0 aliphatic heterocycles. The van der Waals surface area contributed by atoms with Gasteiger partial charge < -0.3 is 20.7 Å². The number of hydrogen-bond donors (Lipinski definition) is 2. The lowest BCUT2D eigenvalue weighted by molar-refractivity contribution is -0.389. The van der Waals surface area contributed by atoms with Crippen LogP contribution in [0.3, 0.4) is 0 Å². The number of nitrogens with one attached hydrogen (secondary N) is 2. The summed E-state index contributed by atoms with van der Waals surface area (Å²) in [6, 6.07) is 7.00. The van der Waals surface area contributed by atoms with E-state index in [0.717, 1.165) is 5.56 Å². The van der Waals surface area contributed by atoms with Crippen LogP contribution in [0.1, 0.15) is 15.9 Å². The van der Waals surface area contributed by atoms with Gasteiger partial charge >= 0.3 is 5.82 Å². The quantitative estimate of drug-likeness (QED) is 0.551. The van der Waals surface area contributed by atoms with Gasteiger partial charge in [0, 0.05) is 24.5 Å². The lowest BCUT2D eigenvalue weighted by Gasteiger charge is -2.05. The number of benzene rings is 1. The highest BCUT2D eigenvalue weighted by Crippen LogP contribution is 2.28. The number of anilines is 1. The Labute approximate surface area is 134 Å². The van der Waals surface area contributed by atoms with Gasteiger partial charge in [-0.05, 0) is 22.6 Å². The lowest BCUT2D eigenvalue weighted by atomic mass is 10.1. The maximum atomic E-state index is 11.5. The van der Waals surface area contributed by atoms with E-state index in [-0.39, 0.29) is 17.5 Å². The van der Waals surface area contributed by atoms with E-state index < -0.39 is 4.92 Å². The van der Waals surface area contributed by atoms with Crippen molar-refractivity contribution in [3.8, 4) is 0 Å². The predicted octanol–water partition coefficient (Wildman–Crippen LogP) is 2.28. The molecule has 2 aromatic heterocycles. The lowest BCUT2D eigenvalue weighted by Crippen LogP contribution is -2.17. The van der Waals surface area contributed by atoms with E-state index in [2.05, 4.69) is 15.6 Å². The minimum Gasteiger partial charge on any atom is -0.359 e. The van der Waals surface area contributed by atoms with Gasteiger partial charge in [0.2, 0.25) is 5.82 Å². The van der Waals surface area contributed by atoms with Crippen LogP contribution in [0.4, 0.5) is 11.6 Å². The molecule has 9 heteroatoms. The molecular weight excluding hydrogens is 318 g/mol. The standard InChI is InChI=1S/C14H13N5O3S/c1-15-12(20)10-4-2-9(3-5-10)8-16-11-13(19(21)22)18-6-7-23-14(18)17-11/h2-7,16H,8H2,1H3,(H,15,20). The van der Waals surface area contributed by atoms with E-state index in [0.29, 0.717) is 17.1 Å². The number of carbonyl (C=O) groups excluding carboxylic acids is 1. The second kappa shape index (κ2) is 6.05. The van der Waals surface area contributed by atoms with Crippen molar-refractivity contribution in [2.24, 2.45) is 0 Å². The van der Waals surface area contributed by atoms with Crippen LogP contribution in [0, 0.1) is 10.1 Å². The fraction of sp³-hybridized carbons (Fsp3) is 0.143. The first-order chi connectivity index (χ1) is 11.1. The topological polar surface area (TPSA) is 102 Å². The maximum Gasteiger partial charge on any atom is 0.372 e. The Morgan fingerprint density at radius 3 is 2.78 bits per heavy atom. The first-order valence-electron chi connectivity index (χ1n) is 6.75. The molecule has 0 atom stereocenters. The van der Waals surface area contributed by atoms with Crippen LogP contribution in [-0.2, 0) is 6.54 Å². The van der Waals surface area contributed by atoms with Crippen LogP contribution >= 0.6 is 11.3 Å². The van der Waals surface area contributed by atoms with E-state index in [1.54, 1.807) is 42.9 Å². The summed E-state index contributed by atoms with van der Waals surface area (Å²) < 4.78 is 1.45. The Morgan fingerprint density at radius 2 is 2.13 bits per heavy atom. The molecule has 2 heterocycles. The van der Waals surface area contributed by atoms with Crippen LogP contribution in [0.2, 0.25) is 0 Å². The SMILES string of the molecule is CNC(=O)c1ccc(CNc2nc3sccn3c2[N+](=O)[O-])cc1. The van der Waals surface area contributed by atoms with Gasteiger partial charge in [-0.3, -0.25) is 4.79 Å². The number of imidazole rings is 1. The number of rotatable bonds is 5. The molecular formula is C14H13N5O3S. The second-order valence-electron chi connectivity index (χ2n) is 4.73. The van der Waals surface area contributed by atoms with Crippen LogP contribution in [0.5, 0.6) is 0 Å². The highest BCUT2D eigenvalue weighted by molar-refractivity contribution is 7.15. The monoisotopic (exact) mass is 331 g/mol. The molecule has 0 bridgehead atoms. The summed E-state index contributed by atoms with van der Waals surface area (Å²) in [7, 11) is 1.57. The van der Waals surface area contributed by atoms with Crippen molar-refractivity contribution in [2.45, 2.75) is 6.54 Å². The molecule has 0 saturated carbocycles. The molecule has 0 fully saturated rings. The van der Waals surface area contributed by atoms with Crippen LogP contribution < -0.4 is 10.6 Å². The number of carbonyl (C=O) groups is 1. The van der Waals surface area contributed by atoms with Gasteiger partial charge in [-0.2, -0.15) is 9.38 Å². The first-order valence-corrected chi connectivity index (χ1v) is 7.63. The Bertz CT molecular complexity index is 868. The van der Waals surface area contributed by atoms with Crippen LogP contribution in [0.25, 0.3) is 4.96 Å². The first kappa shape index (κ1) is 15.0. The zero-order valence-corrected chi connectivity index (χ0v) is 13.0. The molecule has 8 nitrogen and oxygen atoms in total. The molecule has 3 rings (SSSR count). The molecule has 118 valence electrons. The molecule has 3 aromatic rings. The third kappa shape index (κ3) is 2.86. The summed E-state index contributed by atoms with van der Waals surface area (Å²) >= 11 is 1.33. The number of nitro groups is 1. The number of hydrogen-bond acceptors (Lipinski definition) is 6. The molecule has 23 heavy (non-hydrogen) atoms. The number of nitrogens with zero attached hydrogens (tertiary/aromatic N) is 3. The predicted molar refractivity (Wildman–Crippen MR) is 86.9 cm³/mol. The molecule has 0 radical (unpaired) electrons. The molecule has 0 spiro atoms. The molecule has 0 aliphatic rings. The van der Waals surface area contributed by atoms with Crippen molar-refractivity contribution in [3.63, 3.8) is 0 Å². The normalized spacial score (nSPS) is 10.7. The average molecular weight is 331 g/mol. The van der Waals surface area contributed by atoms with E-state index in [4.69, 9.17) is 0 Å². The third-order valence-corrected chi connectivity index (χ3v) is 4.07. The molecule has 0 unspecified atom stereocenters. The third-order valence-electron chi connectivity index (χ3n) is 3.31. The smallest absolute Gasteiger partial charge is 0.359 e. The molecule has 2 N–H and O–H groups in total. The van der Waals surface area contributed by atoms with Crippen molar-refractivity contribution in [2.75, 3.05) is 12.4 Å². The minimum absolute atomic E-state index is 0.0803. The highest BCUT2D eigenvalue weighted by Gasteiger charge is 2.23. The fourth-order valence-electron chi connectivity index (χ4n) is 2.17. The van der Waals surface area contributed by atoms with Crippen LogP contribution in [0.15, 0.2) is 35.8 Å². The fourth-order valence-corrected chi connectivity index (χ4v) is 2.88. The Balaban J connectivity index is 1.78. The van der Waals surface area contributed by atoms with E-state index in [1.165, 1.54) is 15.7 Å². The van der Waals surface area contributed by atoms with Crippen molar-refractivity contribution in [1.82, 2.24) is 14.7 Å². The maximum absolute atomic E-state index is 11.5.